The predicted octanol–water partition coefficient (Wildman–Crippen LogP) is 4.91. The van der Waals surface area contributed by atoms with Crippen LogP contribution in [-0.4, -0.2) is 51.2 Å². The lowest BCUT2D eigenvalue weighted by atomic mass is 10.0. The summed E-state index contributed by atoms with van der Waals surface area (Å²) in [5, 5.41) is 12.2. The zero-order valence-electron chi connectivity index (χ0n) is 19.3. The Hall–Kier alpha value is -3.71. The van der Waals surface area contributed by atoms with Gasteiger partial charge in [0.15, 0.2) is 0 Å². The second-order valence-corrected chi connectivity index (χ2v) is 9.24. The van der Waals surface area contributed by atoms with E-state index >= 15 is 0 Å². The summed E-state index contributed by atoms with van der Waals surface area (Å²) < 4.78 is 0. The molecule has 172 valence electrons. The van der Waals surface area contributed by atoms with Gasteiger partial charge in [0.05, 0.1) is 11.2 Å². The highest BCUT2D eigenvalue weighted by atomic mass is 15.2. The molecule has 0 atom stereocenters. The van der Waals surface area contributed by atoms with Crippen molar-refractivity contribution in [2.75, 3.05) is 36.4 Å². The Morgan fingerprint density at radius 1 is 0.971 bits per heavy atom. The Labute approximate surface area is 199 Å². The molecule has 0 unspecified atom stereocenters. The molecule has 2 fully saturated rings. The van der Waals surface area contributed by atoms with Gasteiger partial charge in [-0.2, -0.15) is 5.10 Å². The number of fused-ring (bicyclic) bond motifs is 1. The van der Waals surface area contributed by atoms with E-state index in [9.17, 15) is 0 Å². The van der Waals surface area contributed by atoms with Gasteiger partial charge >= 0.3 is 0 Å². The lowest BCUT2D eigenvalue weighted by Crippen LogP contribution is -2.37. The van der Waals surface area contributed by atoms with Crippen LogP contribution in [0.25, 0.3) is 27.7 Å². The molecule has 1 aromatic carbocycles. The molecule has 5 heterocycles. The second-order valence-electron chi connectivity index (χ2n) is 9.24. The third kappa shape index (κ3) is 4.15. The highest BCUT2D eigenvalue weighted by molar-refractivity contribution is 5.95. The zero-order chi connectivity index (χ0) is 22.9. The van der Waals surface area contributed by atoms with Gasteiger partial charge in [0.1, 0.15) is 11.5 Å². The van der Waals surface area contributed by atoms with Gasteiger partial charge in [0, 0.05) is 60.9 Å². The van der Waals surface area contributed by atoms with Gasteiger partial charge in [-0.15, -0.1) is 0 Å². The minimum absolute atomic E-state index is 0.755. The van der Waals surface area contributed by atoms with Crippen LogP contribution in [0, 0.1) is 0 Å². The maximum Gasteiger partial charge on any atom is 0.130 e. The number of benzene rings is 1. The number of hydrogen-bond donors (Lipinski definition) is 2. The summed E-state index contributed by atoms with van der Waals surface area (Å²) in [5.41, 5.74) is 7.03. The predicted molar refractivity (Wildman–Crippen MR) is 138 cm³/mol. The van der Waals surface area contributed by atoms with E-state index in [-0.39, 0.29) is 0 Å². The average molecular weight is 452 g/mol. The molecule has 6 rings (SSSR count). The van der Waals surface area contributed by atoms with Gasteiger partial charge in [-0.1, -0.05) is 12.6 Å². The summed E-state index contributed by atoms with van der Waals surface area (Å²) >= 11 is 0. The minimum atomic E-state index is 0.755. The maximum atomic E-state index is 4.56. The Morgan fingerprint density at radius 3 is 2.68 bits per heavy atom. The van der Waals surface area contributed by atoms with E-state index in [1.54, 1.807) is 0 Å². The molecular weight excluding hydrogens is 422 g/mol. The van der Waals surface area contributed by atoms with Crippen molar-refractivity contribution in [2.24, 2.45) is 0 Å². The SMILES string of the molecule is C=C(Nc1ccnc(N2CCC2)c1)c1n[nH]c2ccc(-c3cncc(CN4CCCC4)c3)cc12. The molecule has 0 bridgehead atoms. The molecule has 2 N–H and O–H groups in total. The number of pyridine rings is 2. The van der Waals surface area contributed by atoms with Gasteiger partial charge < -0.3 is 10.2 Å². The first kappa shape index (κ1) is 20.9. The van der Waals surface area contributed by atoms with E-state index in [2.05, 4.69) is 72.2 Å². The van der Waals surface area contributed by atoms with E-state index < -0.39 is 0 Å². The van der Waals surface area contributed by atoms with Crippen molar-refractivity contribution in [3.63, 3.8) is 0 Å². The van der Waals surface area contributed by atoms with E-state index in [4.69, 9.17) is 0 Å². The molecule has 0 saturated carbocycles. The van der Waals surface area contributed by atoms with Crippen LogP contribution in [0.5, 0.6) is 0 Å². The number of H-pyrrole nitrogens is 1. The van der Waals surface area contributed by atoms with Crippen LogP contribution in [0.3, 0.4) is 0 Å². The Kier molecular flexibility index (Phi) is 5.47. The van der Waals surface area contributed by atoms with Crippen molar-refractivity contribution in [2.45, 2.75) is 25.8 Å². The first-order valence-corrected chi connectivity index (χ1v) is 12.0. The third-order valence-corrected chi connectivity index (χ3v) is 6.80. The molecule has 3 aromatic heterocycles. The van der Waals surface area contributed by atoms with Crippen LogP contribution in [-0.2, 0) is 6.54 Å². The average Bonchev–Trinajstić information content (AvgIpc) is 3.48. The monoisotopic (exact) mass is 451 g/mol. The maximum absolute atomic E-state index is 4.56. The highest BCUT2D eigenvalue weighted by Gasteiger charge is 2.17. The minimum Gasteiger partial charge on any atom is -0.356 e. The van der Waals surface area contributed by atoms with Crippen LogP contribution in [0.1, 0.15) is 30.5 Å². The molecule has 4 aromatic rings. The summed E-state index contributed by atoms with van der Waals surface area (Å²) in [7, 11) is 0. The molecule has 2 aliphatic heterocycles. The van der Waals surface area contributed by atoms with Crippen molar-refractivity contribution < 1.29 is 0 Å². The molecular formula is C27H29N7. The fourth-order valence-electron chi connectivity index (χ4n) is 4.80. The first-order valence-electron chi connectivity index (χ1n) is 12.0. The molecule has 0 radical (unpaired) electrons. The normalized spacial score (nSPS) is 16.1. The molecule has 7 heteroatoms. The number of nitrogens with zero attached hydrogens (tertiary/aromatic N) is 5. The fourth-order valence-corrected chi connectivity index (χ4v) is 4.80. The Bertz CT molecular complexity index is 1330. The summed E-state index contributed by atoms with van der Waals surface area (Å²) in [4.78, 5) is 13.8. The summed E-state index contributed by atoms with van der Waals surface area (Å²) in [5.74, 6) is 1.000. The van der Waals surface area contributed by atoms with Gasteiger partial charge in [0.2, 0.25) is 0 Å². The Balaban J connectivity index is 1.25. The molecule has 2 saturated heterocycles. The lowest BCUT2D eigenvalue weighted by molar-refractivity contribution is 0.331. The molecule has 0 amide bonds. The van der Waals surface area contributed by atoms with Crippen LogP contribution in [0.4, 0.5) is 11.5 Å². The van der Waals surface area contributed by atoms with Crippen molar-refractivity contribution in [3.8, 4) is 11.1 Å². The number of hydrogen-bond acceptors (Lipinski definition) is 6. The molecule has 0 aliphatic carbocycles. The second kappa shape index (κ2) is 8.91. The van der Waals surface area contributed by atoms with Gasteiger partial charge in [-0.05, 0) is 67.7 Å². The van der Waals surface area contributed by atoms with Crippen LogP contribution < -0.4 is 10.2 Å². The van der Waals surface area contributed by atoms with E-state index in [0.29, 0.717) is 0 Å². The number of aromatic amines is 1. The summed E-state index contributed by atoms with van der Waals surface area (Å²) in [6.07, 6.45) is 9.58. The fraction of sp³-hybridized carbons (Fsp3) is 0.296. The van der Waals surface area contributed by atoms with Crippen LogP contribution in [0.15, 0.2) is 61.6 Å². The van der Waals surface area contributed by atoms with Crippen molar-refractivity contribution in [1.82, 2.24) is 25.1 Å². The zero-order valence-corrected chi connectivity index (χ0v) is 19.3. The third-order valence-electron chi connectivity index (χ3n) is 6.80. The largest absolute Gasteiger partial charge is 0.356 e. The number of nitrogens with one attached hydrogen (secondary N) is 2. The van der Waals surface area contributed by atoms with Crippen molar-refractivity contribution in [3.05, 3.63) is 72.8 Å². The molecule has 0 spiro atoms. The first-order chi connectivity index (χ1) is 16.7. The Morgan fingerprint density at radius 2 is 1.85 bits per heavy atom. The standard InChI is InChI=1S/C27H29N7/c1-19(30-23-7-8-29-26(15-23)34-11-4-12-34)27-24-14-21(5-6-25(24)31-32-27)22-13-20(16-28-17-22)18-33-9-2-3-10-33/h5-8,13-17H,1-4,9-12,18H2,(H,29,30)(H,31,32). The number of likely N-dealkylation sites (tertiary alicyclic amines) is 1. The lowest BCUT2D eigenvalue weighted by Gasteiger charge is -2.32. The number of rotatable bonds is 7. The van der Waals surface area contributed by atoms with E-state index in [0.717, 1.165) is 64.6 Å². The quantitative estimate of drug-likeness (QED) is 0.416. The van der Waals surface area contributed by atoms with Crippen LogP contribution >= 0.6 is 0 Å². The van der Waals surface area contributed by atoms with Crippen molar-refractivity contribution in [1.29, 1.82) is 0 Å². The molecule has 2 aliphatic rings. The number of aromatic nitrogens is 4. The molecule has 7 nitrogen and oxygen atoms in total. The van der Waals surface area contributed by atoms with E-state index in [1.165, 1.54) is 37.9 Å². The summed E-state index contributed by atoms with van der Waals surface area (Å²) in [6.45, 7) is 9.74. The number of anilines is 2. The van der Waals surface area contributed by atoms with Crippen LogP contribution in [0.2, 0.25) is 0 Å². The molecule has 34 heavy (non-hydrogen) atoms. The van der Waals surface area contributed by atoms with Gasteiger partial charge in [-0.3, -0.25) is 15.0 Å². The topological polar surface area (TPSA) is 73.0 Å². The van der Waals surface area contributed by atoms with Gasteiger partial charge in [0.25, 0.3) is 0 Å². The van der Waals surface area contributed by atoms with Gasteiger partial charge in [-0.25, -0.2) is 4.98 Å². The highest BCUT2D eigenvalue weighted by Crippen LogP contribution is 2.30. The smallest absolute Gasteiger partial charge is 0.130 e. The summed E-state index contributed by atoms with van der Waals surface area (Å²) in [6, 6.07) is 12.7. The van der Waals surface area contributed by atoms with Crippen molar-refractivity contribution >= 4 is 28.1 Å². The van der Waals surface area contributed by atoms with E-state index in [1.807, 2.05) is 24.7 Å².